The molecule has 2 atom stereocenters. The number of amides is 2. The highest BCUT2D eigenvalue weighted by Gasteiger charge is 2.39. The number of carbonyl (C=O) groups is 2. The summed E-state index contributed by atoms with van der Waals surface area (Å²) < 4.78 is 5.96. The van der Waals surface area contributed by atoms with E-state index in [1.54, 1.807) is 24.4 Å². The maximum absolute atomic E-state index is 13.4. The Morgan fingerprint density at radius 2 is 1.89 bits per heavy atom. The number of carbonyl (C=O) groups excluding carboxylic acids is 2. The molecule has 5 aliphatic heterocycles. The maximum Gasteiger partial charge on any atom is 0.259 e. The van der Waals surface area contributed by atoms with E-state index in [2.05, 4.69) is 25.5 Å². The van der Waals surface area contributed by atoms with Crippen molar-refractivity contribution >= 4 is 46.3 Å². The fraction of sp³-hybridized carbons (Fsp3) is 0.417. The Morgan fingerprint density at radius 1 is 1.08 bits per heavy atom. The average Bonchev–Trinajstić information content (AvgIpc) is 3.41. The number of aliphatic hydroxyl groups is 1. The molecule has 2 amide bonds. The van der Waals surface area contributed by atoms with Crippen LogP contribution in [-0.4, -0.2) is 94.7 Å². The van der Waals surface area contributed by atoms with Crippen molar-refractivity contribution in [2.24, 2.45) is 0 Å². The summed E-state index contributed by atoms with van der Waals surface area (Å²) in [6.07, 6.45) is 2.93. The first-order valence-electron chi connectivity index (χ1n) is 12.0. The molecule has 2 fully saturated rings. The Balaban J connectivity index is 1.38. The van der Waals surface area contributed by atoms with Gasteiger partial charge in [0.15, 0.2) is 0 Å². The summed E-state index contributed by atoms with van der Waals surface area (Å²) >= 11 is 6.35. The van der Waals surface area contributed by atoms with Crippen molar-refractivity contribution in [3.8, 4) is 5.75 Å². The van der Waals surface area contributed by atoms with Gasteiger partial charge in [-0.15, -0.1) is 0 Å². The van der Waals surface area contributed by atoms with Crippen LogP contribution in [0.5, 0.6) is 5.75 Å². The smallest absolute Gasteiger partial charge is 0.259 e. The van der Waals surface area contributed by atoms with Crippen LogP contribution in [0, 0.1) is 0 Å². The number of rotatable bonds is 0. The third kappa shape index (κ3) is 4.12. The topological polar surface area (TPSA) is 123 Å². The Kier molecular flexibility index (Phi) is 5.90. The first-order valence-corrected chi connectivity index (χ1v) is 12.4. The van der Waals surface area contributed by atoms with Gasteiger partial charge in [-0.3, -0.25) is 14.5 Å². The van der Waals surface area contributed by atoms with Crippen molar-refractivity contribution in [2.75, 3.05) is 61.4 Å². The Morgan fingerprint density at radius 3 is 2.72 bits per heavy atom. The number of benzene rings is 1. The van der Waals surface area contributed by atoms with Gasteiger partial charge in [0.2, 0.25) is 5.91 Å². The van der Waals surface area contributed by atoms with E-state index < -0.39 is 12.1 Å². The molecule has 2 aromatic rings. The number of aromatic nitrogens is 2. The molecule has 0 spiro atoms. The fourth-order valence-electron chi connectivity index (χ4n) is 5.25. The zero-order valence-electron chi connectivity index (χ0n) is 19.5. The quantitative estimate of drug-likeness (QED) is 0.475. The zero-order chi connectivity index (χ0) is 24.8. The van der Waals surface area contributed by atoms with Crippen LogP contribution in [-0.2, 0) is 9.59 Å². The van der Waals surface area contributed by atoms with Crippen LogP contribution in [0.3, 0.4) is 0 Å². The number of anilines is 3. The summed E-state index contributed by atoms with van der Waals surface area (Å²) in [6, 6.07) is 4.89. The number of piperazine rings is 1. The molecule has 7 rings (SSSR count). The van der Waals surface area contributed by atoms with Crippen molar-refractivity contribution in [3.63, 3.8) is 0 Å². The molecule has 1 aromatic carbocycles. The standard InChI is InChI=1S/C24H26ClN7O4/c25-17-2-1-14-9-19(17)36-8-7-32-12-15(33)10-18(32)24(35)31-5-3-30(4-6-31)22-20-16(11-26-14)23(34)29-21(20)27-13-28-22/h1-2,9,11,13,15,18,26,33H,3-8,10,12H2,(H,27,28,29,34)/b16-11-/t15-,18-/m1/s1. The molecule has 36 heavy (non-hydrogen) atoms. The van der Waals surface area contributed by atoms with Crippen molar-refractivity contribution in [3.05, 3.63) is 41.3 Å². The molecule has 188 valence electrons. The summed E-state index contributed by atoms with van der Waals surface area (Å²) in [5, 5.41) is 16.8. The number of hydrogen-bond acceptors (Lipinski definition) is 9. The summed E-state index contributed by atoms with van der Waals surface area (Å²) in [4.78, 5) is 40.9. The summed E-state index contributed by atoms with van der Waals surface area (Å²) in [7, 11) is 0. The molecule has 0 saturated carbocycles. The molecule has 11 nitrogen and oxygen atoms in total. The van der Waals surface area contributed by atoms with E-state index in [9.17, 15) is 14.7 Å². The Labute approximate surface area is 212 Å². The van der Waals surface area contributed by atoms with Crippen LogP contribution >= 0.6 is 11.6 Å². The van der Waals surface area contributed by atoms with Gasteiger partial charge in [-0.05, 0) is 18.6 Å². The SMILES string of the molecule is O=C1Nc2ncnc3c2/C1=C/Nc1ccc(Cl)c(c1)OCCN1C[C@H](O)C[C@@H]1C(=O)N1CCN3CC1. The van der Waals surface area contributed by atoms with Gasteiger partial charge < -0.3 is 30.3 Å². The van der Waals surface area contributed by atoms with Gasteiger partial charge in [-0.25, -0.2) is 9.97 Å². The normalized spacial score (nSPS) is 25.7. The van der Waals surface area contributed by atoms with Crippen LogP contribution < -0.4 is 20.3 Å². The lowest BCUT2D eigenvalue weighted by Crippen LogP contribution is -2.54. The minimum Gasteiger partial charge on any atom is -0.491 e. The maximum atomic E-state index is 13.4. The van der Waals surface area contributed by atoms with Gasteiger partial charge in [0, 0.05) is 57.2 Å². The molecule has 5 aliphatic rings. The summed E-state index contributed by atoms with van der Waals surface area (Å²) in [5.74, 6) is 1.34. The van der Waals surface area contributed by atoms with E-state index >= 15 is 0 Å². The molecule has 2 saturated heterocycles. The van der Waals surface area contributed by atoms with Crippen LogP contribution in [0.4, 0.5) is 17.3 Å². The first-order chi connectivity index (χ1) is 17.5. The van der Waals surface area contributed by atoms with Crippen molar-refractivity contribution in [2.45, 2.75) is 18.6 Å². The van der Waals surface area contributed by atoms with Crippen molar-refractivity contribution < 1.29 is 19.4 Å². The fourth-order valence-corrected chi connectivity index (χ4v) is 5.42. The Bertz CT molecular complexity index is 1250. The lowest BCUT2D eigenvalue weighted by Gasteiger charge is -2.38. The van der Waals surface area contributed by atoms with Crippen molar-refractivity contribution in [1.82, 2.24) is 19.8 Å². The first kappa shape index (κ1) is 23.0. The van der Waals surface area contributed by atoms with E-state index in [-0.39, 0.29) is 11.8 Å². The largest absolute Gasteiger partial charge is 0.491 e. The molecule has 6 heterocycles. The monoisotopic (exact) mass is 511 g/mol. The number of aliphatic hydroxyl groups excluding tert-OH is 1. The van der Waals surface area contributed by atoms with Gasteiger partial charge in [0.05, 0.1) is 28.3 Å². The molecule has 4 bridgehead atoms. The predicted molar refractivity (Wildman–Crippen MR) is 134 cm³/mol. The van der Waals surface area contributed by atoms with Crippen LogP contribution in [0.25, 0.3) is 5.57 Å². The lowest BCUT2D eigenvalue weighted by molar-refractivity contribution is -0.136. The predicted octanol–water partition coefficient (Wildman–Crippen LogP) is 1.01. The second kappa shape index (κ2) is 9.23. The van der Waals surface area contributed by atoms with Gasteiger partial charge in [0.25, 0.3) is 5.91 Å². The number of hydrogen-bond donors (Lipinski definition) is 3. The van der Waals surface area contributed by atoms with E-state index in [0.717, 1.165) is 0 Å². The number of fused-ring (bicyclic) bond motifs is 5. The number of nitrogens with one attached hydrogen (secondary N) is 2. The zero-order valence-corrected chi connectivity index (χ0v) is 20.2. The number of ether oxygens (including phenoxy) is 1. The van der Waals surface area contributed by atoms with Crippen molar-refractivity contribution in [1.29, 1.82) is 0 Å². The lowest BCUT2D eigenvalue weighted by atomic mass is 10.1. The highest BCUT2D eigenvalue weighted by atomic mass is 35.5. The molecular weight excluding hydrogens is 486 g/mol. The number of nitrogens with zero attached hydrogens (tertiary/aromatic N) is 5. The minimum absolute atomic E-state index is 0.0156. The van der Waals surface area contributed by atoms with Gasteiger partial charge in [-0.2, -0.15) is 0 Å². The average molecular weight is 512 g/mol. The molecule has 12 heteroatoms. The van der Waals surface area contributed by atoms with Crippen LogP contribution in [0.1, 0.15) is 12.0 Å². The molecular formula is C24H26ClN7O4. The van der Waals surface area contributed by atoms with Gasteiger partial charge in [-0.1, -0.05) is 11.6 Å². The van der Waals surface area contributed by atoms with E-state index in [0.29, 0.717) is 91.5 Å². The highest BCUT2D eigenvalue weighted by molar-refractivity contribution is 6.33. The molecule has 3 N–H and O–H groups in total. The summed E-state index contributed by atoms with van der Waals surface area (Å²) in [6.45, 7) is 3.41. The minimum atomic E-state index is -0.552. The summed E-state index contributed by atoms with van der Waals surface area (Å²) in [5.41, 5.74) is 1.75. The third-order valence-corrected chi connectivity index (χ3v) is 7.39. The van der Waals surface area contributed by atoms with E-state index in [4.69, 9.17) is 16.3 Å². The third-order valence-electron chi connectivity index (χ3n) is 7.08. The molecule has 0 unspecified atom stereocenters. The number of halogens is 1. The second-order valence-corrected chi connectivity index (χ2v) is 9.69. The van der Waals surface area contributed by atoms with Gasteiger partial charge >= 0.3 is 0 Å². The molecule has 0 aliphatic carbocycles. The second-order valence-electron chi connectivity index (χ2n) is 9.28. The van der Waals surface area contributed by atoms with Crippen LogP contribution in [0.15, 0.2) is 30.7 Å². The van der Waals surface area contributed by atoms with E-state index in [1.165, 1.54) is 6.33 Å². The molecule has 1 aromatic heterocycles. The van der Waals surface area contributed by atoms with E-state index in [1.807, 2.05) is 9.80 Å². The van der Waals surface area contributed by atoms with Gasteiger partial charge in [0.1, 0.15) is 30.3 Å². The Hall–Kier alpha value is -3.41. The highest BCUT2D eigenvalue weighted by Crippen LogP contribution is 2.37. The van der Waals surface area contributed by atoms with Crippen LogP contribution in [0.2, 0.25) is 5.02 Å². The molecule has 0 radical (unpaired) electrons.